The average Bonchev–Trinajstić information content (AvgIpc) is 3.21. The second-order valence-corrected chi connectivity index (χ2v) is 21.2. The van der Waals surface area contributed by atoms with Gasteiger partial charge in [-0.3, -0.25) is 9.59 Å². The predicted octanol–water partition coefficient (Wildman–Crippen LogP) is 2.51. The van der Waals surface area contributed by atoms with Crippen molar-refractivity contribution in [3.05, 3.63) is 11.6 Å². The first-order valence-electron chi connectivity index (χ1n) is 21.9. The number of methoxy groups -OCH3 is 3. The lowest BCUT2D eigenvalue weighted by atomic mass is 9.33. The molecule has 0 bridgehead atoms. The molecule has 4 saturated carbocycles. The topological polar surface area (TPSA) is 234 Å². The first-order valence-corrected chi connectivity index (χ1v) is 21.9. The van der Waals surface area contributed by atoms with E-state index in [-0.39, 0.29) is 45.8 Å². The molecule has 61 heavy (non-hydrogen) atoms. The molecule has 0 amide bonds. The Balaban J connectivity index is 1.18. The van der Waals surface area contributed by atoms with E-state index in [2.05, 4.69) is 46.3 Å². The fourth-order valence-corrected chi connectivity index (χ4v) is 13.8. The van der Waals surface area contributed by atoms with Gasteiger partial charge in [0, 0.05) is 5.92 Å². The average molecular weight is 865 g/mol. The van der Waals surface area contributed by atoms with E-state index in [1.54, 1.807) is 0 Å². The third-order valence-corrected chi connectivity index (χ3v) is 17.8. The number of rotatable bonds is 7. The molecule has 344 valence electrons. The molecule has 0 aromatic rings. The number of esters is 3. The molecule has 7 rings (SSSR count). The zero-order valence-corrected chi connectivity index (χ0v) is 37.3. The van der Waals surface area contributed by atoms with Gasteiger partial charge in [0.05, 0.1) is 32.8 Å². The highest BCUT2D eigenvalue weighted by atomic mass is 16.8. The molecule has 0 aromatic carbocycles. The number of aliphatic hydroxyl groups excluding tert-OH is 5. The van der Waals surface area contributed by atoms with Gasteiger partial charge in [-0.25, -0.2) is 9.59 Å². The number of ketones is 1. The molecule has 0 radical (unpaired) electrons. The summed E-state index contributed by atoms with van der Waals surface area (Å²) in [6.07, 6.45) is -9.88. The minimum atomic E-state index is -1.93. The van der Waals surface area contributed by atoms with Crippen LogP contribution in [0.5, 0.6) is 0 Å². The minimum absolute atomic E-state index is 0.0224. The fourth-order valence-electron chi connectivity index (χ4n) is 13.8. The number of allylic oxidation sites excluding steroid dienone is 2. The zero-order chi connectivity index (χ0) is 45.0. The van der Waals surface area contributed by atoms with E-state index in [0.717, 1.165) is 52.7 Å². The van der Waals surface area contributed by atoms with E-state index in [1.807, 2.05) is 13.0 Å². The lowest BCUT2D eigenvalue weighted by Gasteiger charge is -2.70. The van der Waals surface area contributed by atoms with Crippen LogP contribution in [-0.2, 0) is 52.3 Å². The van der Waals surface area contributed by atoms with E-state index < -0.39 is 95.7 Å². The molecule has 5 N–H and O–H groups in total. The monoisotopic (exact) mass is 864 g/mol. The molecule has 5 aliphatic carbocycles. The van der Waals surface area contributed by atoms with Crippen molar-refractivity contribution in [1.29, 1.82) is 0 Å². The number of hydrogen-bond acceptors (Lipinski definition) is 16. The maximum absolute atomic E-state index is 15.0. The summed E-state index contributed by atoms with van der Waals surface area (Å²) in [7, 11) is 3.59. The molecule has 6 fully saturated rings. The van der Waals surface area contributed by atoms with Crippen LogP contribution in [-0.4, -0.2) is 138 Å². The van der Waals surface area contributed by atoms with Gasteiger partial charge < -0.3 is 58.7 Å². The lowest BCUT2D eigenvalue weighted by molar-refractivity contribution is -0.371. The maximum atomic E-state index is 15.0. The van der Waals surface area contributed by atoms with Gasteiger partial charge in [-0.15, -0.1) is 0 Å². The Kier molecular flexibility index (Phi) is 12.1. The standard InChI is InChI=1S/C45H68O16/c1-40(2)24-11-14-45(7)34(23(46)19-21-22-20-42(4,39(54)57-10)16-15-41(22,3)17-18-44(21,45)6)43(24,5)13-12-25(40)58-38-33(29(50)28(49)32(60-38)36(53)56-9)61-37-30(51)26(47)27(48)31(59-37)35(52)55-8/h19,22,24-34,37-38,47-51H,11-18,20H2,1-10H3/t22-,24+,25+,26+,27+,28-,29+,30-,31+,32+,33-,34-,37+,38+,41-,42+,43+,44-,45-/m1/s1. The summed E-state index contributed by atoms with van der Waals surface area (Å²) in [5.74, 6) is -2.39. The molecule has 0 spiro atoms. The maximum Gasteiger partial charge on any atom is 0.337 e. The number of ether oxygens (including phenoxy) is 7. The van der Waals surface area contributed by atoms with Gasteiger partial charge in [0.15, 0.2) is 30.6 Å². The van der Waals surface area contributed by atoms with Crippen LogP contribution in [0.4, 0.5) is 0 Å². The van der Waals surface area contributed by atoms with Crippen LogP contribution in [0.25, 0.3) is 0 Å². The Bertz CT molecular complexity index is 1780. The van der Waals surface area contributed by atoms with Crippen molar-refractivity contribution in [3.8, 4) is 0 Å². The van der Waals surface area contributed by atoms with E-state index in [4.69, 9.17) is 28.4 Å². The van der Waals surface area contributed by atoms with Gasteiger partial charge >= 0.3 is 17.9 Å². The van der Waals surface area contributed by atoms with Crippen LogP contribution in [0, 0.1) is 50.2 Å². The van der Waals surface area contributed by atoms with Gasteiger partial charge in [0.1, 0.15) is 36.6 Å². The summed E-state index contributed by atoms with van der Waals surface area (Å²) >= 11 is 0. The molecule has 2 heterocycles. The van der Waals surface area contributed by atoms with E-state index in [1.165, 1.54) is 12.7 Å². The number of hydrogen-bond donors (Lipinski definition) is 5. The smallest absolute Gasteiger partial charge is 0.337 e. The summed E-state index contributed by atoms with van der Waals surface area (Å²) in [5.41, 5.74) is -1.21. The van der Waals surface area contributed by atoms with Gasteiger partial charge in [0.25, 0.3) is 0 Å². The van der Waals surface area contributed by atoms with Crippen molar-refractivity contribution in [3.63, 3.8) is 0 Å². The van der Waals surface area contributed by atoms with Gasteiger partial charge in [-0.2, -0.15) is 0 Å². The third-order valence-electron chi connectivity index (χ3n) is 17.8. The Labute approximate surface area is 357 Å². The number of carbonyl (C=O) groups is 4. The van der Waals surface area contributed by atoms with Crippen LogP contribution in [0.1, 0.15) is 106 Å². The summed E-state index contributed by atoms with van der Waals surface area (Å²) in [4.78, 5) is 53.4. The van der Waals surface area contributed by atoms with Crippen LogP contribution in [0.2, 0.25) is 0 Å². The molecule has 7 aliphatic rings. The quantitative estimate of drug-likeness (QED) is 0.141. The van der Waals surface area contributed by atoms with Crippen LogP contribution in [0.3, 0.4) is 0 Å². The third kappa shape index (κ3) is 6.95. The molecular weight excluding hydrogens is 796 g/mol. The lowest BCUT2D eigenvalue weighted by Crippen LogP contribution is -2.68. The molecular formula is C45H68O16. The van der Waals surface area contributed by atoms with Crippen molar-refractivity contribution in [2.75, 3.05) is 21.3 Å². The van der Waals surface area contributed by atoms with Crippen LogP contribution in [0.15, 0.2) is 11.6 Å². The SMILES string of the molecule is COC(=O)[C@H]1O[C@H](O[C@H]2CC[C@]3(C)[C@H]4C(=O)C=C5[C@H]6C[C@@](C)(C(=O)OC)CC[C@]6(C)CC[C@@]5(C)[C@]4(C)CC[C@H]3C2(C)C)[C@H](O[C@@H]2O[C@H](C(=O)OC)[C@@H](O)[C@H](O)[C@H]2O)[C@@H](O)[C@H]1O. The molecule has 16 nitrogen and oxygen atoms in total. The summed E-state index contributed by atoms with van der Waals surface area (Å²) in [5, 5.41) is 54.5. The summed E-state index contributed by atoms with van der Waals surface area (Å²) < 4.78 is 39.1. The number of fused-ring (bicyclic) bond motifs is 7. The highest BCUT2D eigenvalue weighted by molar-refractivity contribution is 5.95. The van der Waals surface area contributed by atoms with Gasteiger partial charge in [0.2, 0.25) is 0 Å². The van der Waals surface area contributed by atoms with Crippen LogP contribution < -0.4 is 0 Å². The van der Waals surface area contributed by atoms with Gasteiger partial charge in [-0.05, 0) is 110 Å². The van der Waals surface area contributed by atoms with E-state index >= 15 is 0 Å². The van der Waals surface area contributed by atoms with Gasteiger partial charge in [-0.1, -0.05) is 47.1 Å². The van der Waals surface area contributed by atoms with Crippen LogP contribution >= 0.6 is 0 Å². The molecule has 0 unspecified atom stereocenters. The Morgan fingerprint density at radius 1 is 0.672 bits per heavy atom. The number of aliphatic hydroxyl groups is 5. The second-order valence-electron chi connectivity index (χ2n) is 21.2. The minimum Gasteiger partial charge on any atom is -0.469 e. The Morgan fingerprint density at radius 3 is 1.87 bits per heavy atom. The predicted molar refractivity (Wildman–Crippen MR) is 213 cm³/mol. The molecule has 19 atom stereocenters. The molecule has 16 heteroatoms. The molecule has 2 saturated heterocycles. The molecule has 0 aromatic heterocycles. The first kappa shape index (κ1) is 46.5. The second kappa shape index (κ2) is 15.9. The Hall–Kier alpha value is -2.54. The highest BCUT2D eigenvalue weighted by Gasteiger charge is 2.71. The summed E-state index contributed by atoms with van der Waals surface area (Å²) in [6.45, 7) is 15.4. The summed E-state index contributed by atoms with van der Waals surface area (Å²) in [6, 6.07) is 0. The van der Waals surface area contributed by atoms with Crippen molar-refractivity contribution < 1.29 is 77.9 Å². The fraction of sp³-hybridized carbons (Fsp3) is 0.867. The number of carbonyl (C=O) groups excluding carboxylic acids is 4. The van der Waals surface area contributed by atoms with Crippen molar-refractivity contribution >= 4 is 23.7 Å². The molecule has 2 aliphatic heterocycles. The Morgan fingerprint density at radius 2 is 1.26 bits per heavy atom. The van der Waals surface area contributed by atoms with E-state index in [9.17, 15) is 44.7 Å². The zero-order valence-electron chi connectivity index (χ0n) is 37.3. The normalized spacial score (nSPS) is 50.4. The van der Waals surface area contributed by atoms with Crippen molar-refractivity contribution in [2.45, 2.75) is 174 Å². The van der Waals surface area contributed by atoms with Crippen molar-refractivity contribution in [2.24, 2.45) is 50.2 Å². The highest BCUT2D eigenvalue weighted by Crippen LogP contribution is 2.75. The largest absolute Gasteiger partial charge is 0.469 e. The van der Waals surface area contributed by atoms with Crippen molar-refractivity contribution in [1.82, 2.24) is 0 Å². The van der Waals surface area contributed by atoms with E-state index in [0.29, 0.717) is 19.3 Å². The first-order chi connectivity index (χ1) is 28.4.